The maximum absolute atomic E-state index is 11.6. The lowest BCUT2D eigenvalue weighted by Crippen LogP contribution is -2.59. The van der Waals surface area contributed by atoms with Gasteiger partial charge < -0.3 is 9.11 Å². The van der Waals surface area contributed by atoms with E-state index >= 15 is 0 Å². The zero-order valence-corrected chi connectivity index (χ0v) is 8.64. The molecule has 0 fully saturated rings. The van der Waals surface area contributed by atoms with Crippen molar-refractivity contribution in [2.75, 3.05) is 0 Å². The lowest BCUT2D eigenvalue weighted by atomic mass is 10.1. The van der Waals surface area contributed by atoms with Gasteiger partial charge in [-0.1, -0.05) is 0 Å². The normalized spacial score (nSPS) is 14.7. The first-order valence-electron chi connectivity index (χ1n) is 3.31. The zero-order chi connectivity index (χ0) is 16.5. The monoisotopic (exact) mass is 334 g/mol. The van der Waals surface area contributed by atoms with Gasteiger partial charge in [0.05, 0.1) is 0 Å². The fraction of sp³-hybridized carbons (Fsp3) is 1.00. The molecule has 0 amide bonds. The molecule has 0 unspecified atom stereocenters. The van der Waals surface area contributed by atoms with Gasteiger partial charge in [0.25, 0.3) is 0 Å². The first kappa shape index (κ1) is 20.5. The molecule has 0 atom stereocenters. The topological polar surface area (TPSA) is 80.3 Å². The molecule has 0 aliphatic carbocycles. The second-order valence-electron chi connectivity index (χ2n) is 2.55. The van der Waals surface area contributed by atoms with Gasteiger partial charge in [0.1, 0.15) is 0 Å². The van der Waals surface area contributed by atoms with Crippen LogP contribution in [0.5, 0.6) is 0 Å². The summed E-state index contributed by atoms with van der Waals surface area (Å²) in [4.78, 5) is 0. The smallest absolute Gasteiger partial charge is 0.460 e. The van der Waals surface area contributed by atoms with Gasteiger partial charge in [-0.25, -0.2) is 0 Å². The largest absolute Gasteiger partial charge is 0.759 e. The Hall–Kier alpha value is -0.830. The molecule has 15 heteroatoms. The molecule has 4 nitrogen and oxygen atoms in total. The molecular weight excluding hydrogens is 334 g/mol. The number of alkyl halides is 10. The van der Waals surface area contributed by atoms with Crippen LogP contribution in [0, 0.1) is 0 Å². The maximum Gasteiger partial charge on any atom is 0.460 e. The molecule has 0 aromatic heterocycles. The van der Waals surface area contributed by atoms with Crippen LogP contribution in [0.4, 0.5) is 43.9 Å². The Labute approximate surface area is 97.1 Å². The van der Waals surface area contributed by atoms with Crippen LogP contribution in [-0.4, -0.2) is 41.7 Å². The molecule has 0 saturated carbocycles. The van der Waals surface area contributed by atoms with Gasteiger partial charge in [-0.2, -0.15) is 43.9 Å². The second-order valence-corrected chi connectivity index (χ2v) is 3.37. The van der Waals surface area contributed by atoms with Crippen LogP contribution in [0.2, 0.25) is 0 Å². The van der Waals surface area contributed by atoms with Crippen molar-refractivity contribution >= 4 is 10.4 Å². The predicted octanol–water partition coefficient (Wildman–Crippen LogP) is 2.04. The second kappa shape index (κ2) is 5.28. The third-order valence-corrected chi connectivity index (χ3v) is 1.11. The lowest BCUT2D eigenvalue weighted by Gasteiger charge is -2.29. The molecule has 0 heterocycles. The van der Waals surface area contributed by atoms with E-state index in [0.29, 0.717) is 0 Å². The van der Waals surface area contributed by atoms with Gasteiger partial charge in [-0.3, -0.25) is 8.42 Å². The Bertz CT molecular complexity index is 359. The number of hydrogen-bond acceptors (Lipinski definition) is 4. The van der Waals surface area contributed by atoms with E-state index < -0.39 is 34.6 Å². The van der Waals surface area contributed by atoms with E-state index in [1.165, 1.54) is 0 Å². The Morgan fingerprint density at radius 1 is 0.579 bits per heavy atom. The summed E-state index contributed by atoms with van der Waals surface area (Å²) in [6.45, 7) is 0. The summed E-state index contributed by atoms with van der Waals surface area (Å²) in [5, 5.41) is 0. The highest BCUT2D eigenvalue weighted by atomic mass is 32.3. The van der Waals surface area contributed by atoms with Crippen molar-refractivity contribution in [3.63, 3.8) is 0 Å². The van der Waals surface area contributed by atoms with E-state index in [0.717, 1.165) is 0 Å². The molecule has 19 heavy (non-hydrogen) atoms. The fourth-order valence-corrected chi connectivity index (χ4v) is 0.356. The Morgan fingerprint density at radius 2 is 0.684 bits per heavy atom. The van der Waals surface area contributed by atoms with Gasteiger partial charge >= 0.3 is 24.2 Å². The number of hydrogen-bond donors (Lipinski definition) is 0. The van der Waals surface area contributed by atoms with Gasteiger partial charge in [0.2, 0.25) is 0 Å². The average Bonchev–Trinajstić information content (AvgIpc) is 1.95. The molecule has 0 bridgehead atoms. The van der Waals surface area contributed by atoms with Crippen LogP contribution < -0.4 is 0 Å². The van der Waals surface area contributed by atoms with Crippen LogP contribution in [0.3, 0.4) is 0 Å². The summed E-state index contributed by atoms with van der Waals surface area (Å²) in [7, 11) is -5.17. The van der Waals surface area contributed by atoms with Crippen molar-refractivity contribution in [2.45, 2.75) is 24.2 Å². The fourth-order valence-electron chi connectivity index (χ4n) is 0.356. The lowest BCUT2D eigenvalue weighted by molar-refractivity contribution is -0.419. The predicted molar refractivity (Wildman–Crippen MR) is 32.5 cm³/mol. The van der Waals surface area contributed by atoms with E-state index in [9.17, 15) is 43.9 Å². The highest BCUT2D eigenvalue weighted by Crippen LogP contribution is 2.53. The molecule has 0 radical (unpaired) electrons. The van der Waals surface area contributed by atoms with Gasteiger partial charge in [0.15, 0.2) is 0 Å². The maximum atomic E-state index is 11.6. The first-order chi connectivity index (χ1) is 7.75. The van der Waals surface area contributed by atoms with Crippen molar-refractivity contribution in [1.82, 2.24) is 0 Å². The van der Waals surface area contributed by atoms with Crippen molar-refractivity contribution in [1.29, 1.82) is 0 Å². The summed E-state index contributed by atoms with van der Waals surface area (Å²) in [5.41, 5.74) is 0. The molecular formula is C4F10O4S-2. The van der Waals surface area contributed by atoms with Crippen LogP contribution in [0.25, 0.3) is 0 Å². The van der Waals surface area contributed by atoms with Gasteiger partial charge in [-0.15, -0.1) is 0 Å². The van der Waals surface area contributed by atoms with E-state index in [1.807, 2.05) is 0 Å². The highest BCUT2D eigenvalue weighted by Gasteiger charge is 2.82. The molecule has 0 aliphatic rings. The van der Waals surface area contributed by atoms with Crippen LogP contribution in [0.15, 0.2) is 0 Å². The summed E-state index contributed by atoms with van der Waals surface area (Å²) < 4.78 is 147. The summed E-state index contributed by atoms with van der Waals surface area (Å²) in [5.74, 6) is -14.3. The Kier molecular flexibility index (Phi) is 5.69. The SMILES string of the molecule is FC(F)(F)C(F)(F)C(F)(F)C(F)(F)F.O=S(=O)([O-])[O-]. The molecule has 0 aromatic carbocycles. The molecule has 0 aliphatic heterocycles. The Morgan fingerprint density at radius 3 is 0.737 bits per heavy atom. The minimum absolute atomic E-state index is 5.17. The van der Waals surface area contributed by atoms with Crippen molar-refractivity contribution < 1.29 is 61.4 Å². The van der Waals surface area contributed by atoms with E-state index in [-0.39, 0.29) is 0 Å². The van der Waals surface area contributed by atoms with Gasteiger partial charge in [0, 0.05) is 10.4 Å². The quantitative estimate of drug-likeness (QED) is 0.418. The summed E-state index contributed by atoms with van der Waals surface area (Å²) >= 11 is 0. The first-order valence-corrected chi connectivity index (χ1v) is 4.64. The van der Waals surface area contributed by atoms with Crippen LogP contribution in [0.1, 0.15) is 0 Å². The van der Waals surface area contributed by atoms with E-state index in [2.05, 4.69) is 0 Å². The minimum atomic E-state index is -7.14. The average molecular weight is 334 g/mol. The molecule has 0 N–H and O–H groups in total. The number of rotatable bonds is 1. The van der Waals surface area contributed by atoms with Crippen LogP contribution >= 0.6 is 0 Å². The third kappa shape index (κ3) is 5.77. The summed E-state index contributed by atoms with van der Waals surface area (Å²) in [6.07, 6.45) is -13.9. The van der Waals surface area contributed by atoms with Crippen LogP contribution in [-0.2, 0) is 10.4 Å². The van der Waals surface area contributed by atoms with Crippen molar-refractivity contribution in [3.05, 3.63) is 0 Å². The molecule has 0 aromatic rings. The molecule has 0 spiro atoms. The van der Waals surface area contributed by atoms with Gasteiger partial charge in [-0.05, 0) is 0 Å². The minimum Gasteiger partial charge on any atom is -0.759 e. The molecule has 118 valence electrons. The van der Waals surface area contributed by atoms with Crippen molar-refractivity contribution in [2.24, 2.45) is 0 Å². The van der Waals surface area contributed by atoms with E-state index in [1.54, 1.807) is 0 Å². The third-order valence-electron chi connectivity index (χ3n) is 1.11. The Balaban J connectivity index is 0. The molecule has 0 rings (SSSR count). The van der Waals surface area contributed by atoms with Crippen molar-refractivity contribution in [3.8, 4) is 0 Å². The standard InChI is InChI=1S/C4F10.H2O4S/c5-1(6,3(9,10)11)2(7,8)4(12,13)14;1-5(2,3)4/h;(H2,1,2,3,4)/p-2. The van der Waals surface area contributed by atoms with E-state index in [4.69, 9.17) is 17.5 Å². The summed E-state index contributed by atoms with van der Waals surface area (Å²) in [6, 6.07) is 0. The zero-order valence-electron chi connectivity index (χ0n) is 7.82. The highest BCUT2D eigenvalue weighted by molar-refractivity contribution is 7.79. The molecule has 0 saturated heterocycles. The number of halogens is 10.